The lowest BCUT2D eigenvalue weighted by Gasteiger charge is -2.32. The number of carbonyl (C=O) groups excluding carboxylic acids is 1. The molecule has 0 aliphatic carbocycles. The first-order chi connectivity index (χ1) is 8.15. The highest BCUT2D eigenvalue weighted by Crippen LogP contribution is 2.22. The Kier molecular flexibility index (Phi) is 4.09. The van der Waals surface area contributed by atoms with Crippen molar-refractivity contribution in [2.75, 3.05) is 18.0 Å². The SMILES string of the molecule is NC(=O)OC1CCN(c2ccc(I)cc2)CC1. The summed E-state index contributed by atoms with van der Waals surface area (Å²) >= 11 is 2.29. The van der Waals surface area contributed by atoms with E-state index in [2.05, 4.69) is 51.8 Å². The van der Waals surface area contributed by atoms with E-state index in [0.29, 0.717) is 0 Å². The van der Waals surface area contributed by atoms with Crippen LogP contribution in [0.2, 0.25) is 0 Å². The van der Waals surface area contributed by atoms with E-state index in [9.17, 15) is 4.79 Å². The van der Waals surface area contributed by atoms with Crippen LogP contribution in [0.15, 0.2) is 24.3 Å². The van der Waals surface area contributed by atoms with Gasteiger partial charge in [-0.25, -0.2) is 4.79 Å². The zero-order valence-electron chi connectivity index (χ0n) is 9.43. The van der Waals surface area contributed by atoms with Gasteiger partial charge in [0.1, 0.15) is 6.10 Å². The van der Waals surface area contributed by atoms with Crippen molar-refractivity contribution in [2.45, 2.75) is 18.9 Å². The Morgan fingerprint density at radius 3 is 2.41 bits per heavy atom. The predicted octanol–water partition coefficient (Wildman–Crippen LogP) is 2.36. The molecule has 1 saturated heterocycles. The van der Waals surface area contributed by atoms with E-state index in [1.807, 2.05) is 0 Å². The molecule has 4 nitrogen and oxygen atoms in total. The highest BCUT2D eigenvalue weighted by atomic mass is 127. The maximum Gasteiger partial charge on any atom is 0.404 e. The molecule has 1 heterocycles. The fraction of sp³-hybridized carbons (Fsp3) is 0.417. The molecule has 0 spiro atoms. The number of benzene rings is 1. The second-order valence-corrected chi connectivity index (χ2v) is 5.35. The first-order valence-corrected chi connectivity index (χ1v) is 6.69. The van der Waals surface area contributed by atoms with Gasteiger partial charge >= 0.3 is 6.09 Å². The Morgan fingerprint density at radius 1 is 1.29 bits per heavy atom. The van der Waals surface area contributed by atoms with Crippen LogP contribution >= 0.6 is 22.6 Å². The average Bonchev–Trinajstić information content (AvgIpc) is 2.30. The number of rotatable bonds is 2. The molecule has 0 unspecified atom stereocenters. The first-order valence-electron chi connectivity index (χ1n) is 5.62. The van der Waals surface area contributed by atoms with E-state index in [4.69, 9.17) is 10.5 Å². The van der Waals surface area contributed by atoms with Gasteiger partial charge in [-0.3, -0.25) is 0 Å². The molecule has 1 aliphatic rings. The van der Waals surface area contributed by atoms with Crippen molar-refractivity contribution in [3.8, 4) is 0 Å². The van der Waals surface area contributed by atoms with Crippen molar-refractivity contribution in [2.24, 2.45) is 5.73 Å². The minimum absolute atomic E-state index is 0.0207. The number of hydrogen-bond donors (Lipinski definition) is 1. The fourth-order valence-electron chi connectivity index (χ4n) is 2.05. The lowest BCUT2D eigenvalue weighted by atomic mass is 10.1. The van der Waals surface area contributed by atoms with Crippen LogP contribution in [0.4, 0.5) is 10.5 Å². The van der Waals surface area contributed by atoms with E-state index in [-0.39, 0.29) is 6.10 Å². The van der Waals surface area contributed by atoms with Crippen molar-refractivity contribution in [1.29, 1.82) is 0 Å². The minimum Gasteiger partial charge on any atom is -0.446 e. The molecule has 92 valence electrons. The zero-order valence-corrected chi connectivity index (χ0v) is 11.6. The number of anilines is 1. The van der Waals surface area contributed by atoms with Gasteiger partial charge in [0.2, 0.25) is 0 Å². The summed E-state index contributed by atoms with van der Waals surface area (Å²) in [5.74, 6) is 0. The highest BCUT2D eigenvalue weighted by Gasteiger charge is 2.21. The van der Waals surface area contributed by atoms with Crippen LogP contribution in [0, 0.1) is 3.57 Å². The average molecular weight is 346 g/mol. The summed E-state index contributed by atoms with van der Waals surface area (Å²) in [6.07, 6.45) is 0.995. The first kappa shape index (κ1) is 12.5. The summed E-state index contributed by atoms with van der Waals surface area (Å²) < 4.78 is 6.24. The van der Waals surface area contributed by atoms with Crippen molar-refractivity contribution in [1.82, 2.24) is 0 Å². The number of primary amides is 1. The van der Waals surface area contributed by atoms with Gasteiger partial charge in [-0.1, -0.05) is 0 Å². The number of hydrogen-bond acceptors (Lipinski definition) is 3. The van der Waals surface area contributed by atoms with Crippen LogP contribution in [0.1, 0.15) is 12.8 Å². The quantitative estimate of drug-likeness (QED) is 0.837. The van der Waals surface area contributed by atoms with E-state index in [0.717, 1.165) is 25.9 Å². The number of carbonyl (C=O) groups is 1. The van der Waals surface area contributed by atoms with Crippen molar-refractivity contribution in [3.63, 3.8) is 0 Å². The number of nitrogens with zero attached hydrogens (tertiary/aromatic N) is 1. The molecule has 0 radical (unpaired) electrons. The molecule has 2 rings (SSSR count). The third kappa shape index (κ3) is 3.49. The van der Waals surface area contributed by atoms with Crippen LogP contribution in [-0.2, 0) is 4.74 Å². The van der Waals surface area contributed by atoms with Crippen LogP contribution in [0.3, 0.4) is 0 Å². The zero-order chi connectivity index (χ0) is 12.3. The molecule has 1 amide bonds. The van der Waals surface area contributed by atoms with Crippen LogP contribution in [0.25, 0.3) is 0 Å². The maximum atomic E-state index is 10.6. The van der Waals surface area contributed by atoms with Crippen molar-refractivity contribution >= 4 is 34.4 Å². The molecular weight excluding hydrogens is 331 g/mol. The lowest BCUT2D eigenvalue weighted by Crippen LogP contribution is -2.38. The normalized spacial score (nSPS) is 16.9. The van der Waals surface area contributed by atoms with Gasteiger partial charge in [0.15, 0.2) is 0 Å². The molecule has 17 heavy (non-hydrogen) atoms. The van der Waals surface area contributed by atoms with Gasteiger partial charge in [0, 0.05) is 35.2 Å². The molecule has 1 aromatic rings. The topological polar surface area (TPSA) is 55.6 Å². The predicted molar refractivity (Wildman–Crippen MR) is 75.1 cm³/mol. The largest absolute Gasteiger partial charge is 0.446 e. The molecule has 1 aliphatic heterocycles. The molecular formula is C12H15IN2O2. The number of amides is 1. The smallest absolute Gasteiger partial charge is 0.404 e. The Balaban J connectivity index is 1.90. The van der Waals surface area contributed by atoms with Crippen molar-refractivity contribution < 1.29 is 9.53 Å². The Hall–Kier alpha value is -0.980. The van der Waals surface area contributed by atoms with E-state index < -0.39 is 6.09 Å². The summed E-state index contributed by atoms with van der Waals surface area (Å²) in [7, 11) is 0. The number of halogens is 1. The molecule has 0 saturated carbocycles. The van der Waals surface area contributed by atoms with Gasteiger partial charge in [-0.05, 0) is 46.9 Å². The van der Waals surface area contributed by atoms with Gasteiger partial charge in [0.05, 0.1) is 0 Å². The van der Waals surface area contributed by atoms with E-state index in [1.165, 1.54) is 9.26 Å². The summed E-state index contributed by atoms with van der Waals surface area (Å²) in [4.78, 5) is 12.9. The number of nitrogens with two attached hydrogens (primary N) is 1. The molecule has 1 aromatic carbocycles. The standard InChI is InChI=1S/C12H15IN2O2/c13-9-1-3-10(4-2-9)15-7-5-11(6-8-15)17-12(14)16/h1-4,11H,5-8H2,(H2,14,16). The molecule has 0 bridgehead atoms. The Labute approximate surface area is 114 Å². The second-order valence-electron chi connectivity index (χ2n) is 4.10. The number of piperidine rings is 1. The van der Waals surface area contributed by atoms with Gasteiger partial charge in [-0.15, -0.1) is 0 Å². The second kappa shape index (κ2) is 5.57. The summed E-state index contributed by atoms with van der Waals surface area (Å²) in [6, 6.07) is 8.44. The van der Waals surface area contributed by atoms with Crippen LogP contribution < -0.4 is 10.6 Å². The summed E-state index contributed by atoms with van der Waals surface area (Å²) in [6.45, 7) is 1.80. The lowest BCUT2D eigenvalue weighted by molar-refractivity contribution is 0.0912. The molecule has 0 aromatic heterocycles. The molecule has 1 fully saturated rings. The summed E-state index contributed by atoms with van der Waals surface area (Å²) in [5, 5.41) is 0. The number of ether oxygens (including phenoxy) is 1. The Morgan fingerprint density at radius 2 is 1.88 bits per heavy atom. The fourth-order valence-corrected chi connectivity index (χ4v) is 2.41. The highest BCUT2D eigenvalue weighted by molar-refractivity contribution is 14.1. The van der Waals surface area contributed by atoms with Gasteiger partial charge in [-0.2, -0.15) is 0 Å². The third-order valence-corrected chi connectivity index (χ3v) is 3.64. The molecule has 2 N–H and O–H groups in total. The van der Waals surface area contributed by atoms with E-state index in [1.54, 1.807) is 0 Å². The summed E-state index contributed by atoms with van der Waals surface area (Å²) in [5.41, 5.74) is 6.24. The third-order valence-electron chi connectivity index (χ3n) is 2.92. The minimum atomic E-state index is -0.669. The van der Waals surface area contributed by atoms with Crippen molar-refractivity contribution in [3.05, 3.63) is 27.8 Å². The Bertz CT molecular complexity index is 386. The van der Waals surface area contributed by atoms with Gasteiger partial charge in [0.25, 0.3) is 0 Å². The van der Waals surface area contributed by atoms with Gasteiger partial charge < -0.3 is 15.4 Å². The van der Waals surface area contributed by atoms with E-state index >= 15 is 0 Å². The molecule has 5 heteroatoms. The van der Waals surface area contributed by atoms with Crippen LogP contribution in [0.5, 0.6) is 0 Å². The van der Waals surface area contributed by atoms with Crippen LogP contribution in [-0.4, -0.2) is 25.3 Å². The molecule has 0 atom stereocenters. The maximum absolute atomic E-state index is 10.6. The monoisotopic (exact) mass is 346 g/mol.